The van der Waals surface area contributed by atoms with Crippen molar-refractivity contribution in [3.05, 3.63) is 54.1 Å². The largest absolute Gasteiger partial charge is 0.508 e. The van der Waals surface area contributed by atoms with Gasteiger partial charge in [0.05, 0.1) is 5.69 Å². The number of rotatable bonds is 5. The highest BCUT2D eigenvalue weighted by Crippen LogP contribution is 2.24. The van der Waals surface area contributed by atoms with Crippen LogP contribution in [0.3, 0.4) is 0 Å². The summed E-state index contributed by atoms with van der Waals surface area (Å²) in [6, 6.07) is 13.6. The molecule has 2 aromatic rings. The summed E-state index contributed by atoms with van der Waals surface area (Å²) in [7, 11) is 0. The number of hydrogen-bond donors (Lipinski definition) is 2. The van der Waals surface area contributed by atoms with Gasteiger partial charge in [-0.15, -0.1) is 0 Å². The number of carbonyl (C=O) groups is 3. The van der Waals surface area contributed by atoms with Gasteiger partial charge in [0.15, 0.2) is 0 Å². The first kappa shape index (κ1) is 17.7. The molecule has 0 aromatic heterocycles. The highest BCUT2D eigenvalue weighted by molar-refractivity contribution is 6.16. The first-order valence-electron chi connectivity index (χ1n) is 8.57. The molecule has 134 valence electrons. The third-order valence-electron chi connectivity index (χ3n) is 4.30. The summed E-state index contributed by atoms with van der Waals surface area (Å²) in [5, 5.41) is 12.5. The van der Waals surface area contributed by atoms with E-state index in [9.17, 15) is 19.5 Å². The number of imide groups is 1. The van der Waals surface area contributed by atoms with E-state index in [1.54, 1.807) is 42.5 Å². The van der Waals surface area contributed by atoms with E-state index in [1.807, 2.05) is 6.07 Å². The van der Waals surface area contributed by atoms with Crippen LogP contribution in [-0.2, 0) is 20.8 Å². The predicted molar refractivity (Wildman–Crippen MR) is 97.8 cm³/mol. The molecule has 0 radical (unpaired) electrons. The molecule has 3 rings (SSSR count). The normalized spacial score (nSPS) is 14.4. The van der Waals surface area contributed by atoms with Gasteiger partial charge in [-0.25, -0.2) is 0 Å². The Morgan fingerprint density at radius 1 is 1.00 bits per heavy atom. The number of hydrogen-bond acceptors (Lipinski definition) is 4. The molecule has 2 aromatic carbocycles. The molecule has 26 heavy (non-hydrogen) atoms. The summed E-state index contributed by atoms with van der Waals surface area (Å²) in [4.78, 5) is 37.1. The number of para-hydroxylation sites is 1. The second-order valence-corrected chi connectivity index (χ2v) is 6.20. The van der Waals surface area contributed by atoms with Gasteiger partial charge >= 0.3 is 0 Å². The van der Waals surface area contributed by atoms with E-state index in [4.69, 9.17) is 0 Å². The number of benzene rings is 2. The van der Waals surface area contributed by atoms with Crippen LogP contribution in [-0.4, -0.2) is 22.8 Å². The molecule has 0 unspecified atom stereocenters. The Hall–Kier alpha value is -3.15. The Bertz CT molecular complexity index is 814. The molecule has 6 heteroatoms. The summed E-state index contributed by atoms with van der Waals surface area (Å²) in [6.07, 6.45) is 2.02. The number of amides is 3. The van der Waals surface area contributed by atoms with Crippen LogP contribution in [0.2, 0.25) is 0 Å². The molecule has 1 saturated heterocycles. The van der Waals surface area contributed by atoms with Crippen molar-refractivity contribution in [1.82, 2.24) is 0 Å². The van der Waals surface area contributed by atoms with Crippen molar-refractivity contribution < 1.29 is 19.5 Å². The zero-order valence-electron chi connectivity index (χ0n) is 14.3. The van der Waals surface area contributed by atoms with E-state index < -0.39 is 0 Å². The molecule has 0 saturated carbocycles. The maximum absolute atomic E-state index is 12.1. The van der Waals surface area contributed by atoms with Gasteiger partial charge in [-0.05, 0) is 48.7 Å². The monoisotopic (exact) mass is 352 g/mol. The Kier molecular flexibility index (Phi) is 5.31. The quantitative estimate of drug-likeness (QED) is 0.810. The molecule has 0 bridgehead atoms. The van der Waals surface area contributed by atoms with Crippen LogP contribution < -0.4 is 10.2 Å². The molecular weight excluding hydrogens is 332 g/mol. The van der Waals surface area contributed by atoms with Crippen molar-refractivity contribution in [3.8, 4) is 5.75 Å². The topological polar surface area (TPSA) is 86.7 Å². The Morgan fingerprint density at radius 2 is 1.65 bits per heavy atom. The van der Waals surface area contributed by atoms with E-state index in [2.05, 4.69) is 5.32 Å². The van der Waals surface area contributed by atoms with Crippen molar-refractivity contribution >= 4 is 29.1 Å². The van der Waals surface area contributed by atoms with Crippen LogP contribution in [0.1, 0.15) is 31.2 Å². The van der Waals surface area contributed by atoms with Gasteiger partial charge in [0.2, 0.25) is 17.7 Å². The third-order valence-corrected chi connectivity index (χ3v) is 4.30. The van der Waals surface area contributed by atoms with Crippen LogP contribution in [0.5, 0.6) is 5.75 Å². The van der Waals surface area contributed by atoms with Crippen LogP contribution in [0.15, 0.2) is 48.5 Å². The first-order chi connectivity index (χ1) is 12.5. The van der Waals surface area contributed by atoms with Gasteiger partial charge in [0.1, 0.15) is 5.75 Å². The zero-order valence-corrected chi connectivity index (χ0v) is 14.3. The second-order valence-electron chi connectivity index (χ2n) is 6.20. The number of phenols is 1. The van der Waals surface area contributed by atoms with E-state index >= 15 is 0 Å². The number of phenolic OH excluding ortho intramolecular Hbond substituents is 1. The standard InChI is InChI=1S/C20H20N2O4/c23-17-5-2-1-4-14(17)8-13-18(24)21-15-9-11-16(12-10-15)22-19(25)6-3-7-20(22)26/h1-2,4-5,9-12,23H,3,6-8,13H2,(H,21,24). The van der Waals surface area contributed by atoms with Crippen molar-refractivity contribution in [2.24, 2.45) is 0 Å². The van der Waals surface area contributed by atoms with E-state index in [0.717, 1.165) is 5.56 Å². The summed E-state index contributed by atoms with van der Waals surface area (Å²) in [5.74, 6) is -0.381. The van der Waals surface area contributed by atoms with E-state index in [0.29, 0.717) is 37.1 Å². The van der Waals surface area contributed by atoms with Gasteiger partial charge in [0.25, 0.3) is 0 Å². The third kappa shape index (κ3) is 4.08. The fourth-order valence-electron chi connectivity index (χ4n) is 2.93. The van der Waals surface area contributed by atoms with Crippen molar-refractivity contribution in [1.29, 1.82) is 0 Å². The number of aryl methyl sites for hydroxylation is 1. The van der Waals surface area contributed by atoms with Crippen LogP contribution >= 0.6 is 0 Å². The summed E-state index contributed by atoms with van der Waals surface area (Å²) in [5.41, 5.74) is 1.83. The molecule has 1 aliphatic rings. The van der Waals surface area contributed by atoms with E-state index in [-0.39, 0.29) is 29.9 Å². The number of nitrogens with zero attached hydrogens (tertiary/aromatic N) is 1. The number of anilines is 2. The molecule has 3 amide bonds. The lowest BCUT2D eigenvalue weighted by molar-refractivity contribution is -0.129. The number of aromatic hydroxyl groups is 1. The number of nitrogens with one attached hydrogen (secondary N) is 1. The molecule has 0 aliphatic carbocycles. The molecule has 1 heterocycles. The average molecular weight is 352 g/mol. The van der Waals surface area contributed by atoms with E-state index in [1.165, 1.54) is 4.90 Å². The average Bonchev–Trinajstić information content (AvgIpc) is 2.62. The fraction of sp³-hybridized carbons (Fsp3) is 0.250. The molecule has 0 spiro atoms. The maximum Gasteiger partial charge on any atom is 0.233 e. The Labute approximate surface area is 151 Å². The molecule has 6 nitrogen and oxygen atoms in total. The molecular formula is C20H20N2O4. The summed E-state index contributed by atoms with van der Waals surface area (Å²) in [6.45, 7) is 0. The number of carbonyl (C=O) groups excluding carboxylic acids is 3. The smallest absolute Gasteiger partial charge is 0.233 e. The minimum Gasteiger partial charge on any atom is -0.508 e. The fourth-order valence-corrected chi connectivity index (χ4v) is 2.93. The number of piperidine rings is 1. The molecule has 2 N–H and O–H groups in total. The van der Waals surface area contributed by atoms with Crippen molar-refractivity contribution in [2.45, 2.75) is 32.1 Å². The van der Waals surface area contributed by atoms with Gasteiger partial charge in [-0.3, -0.25) is 19.3 Å². The lowest BCUT2D eigenvalue weighted by Gasteiger charge is -2.24. The van der Waals surface area contributed by atoms with Gasteiger partial charge in [0, 0.05) is 24.9 Å². The lowest BCUT2D eigenvalue weighted by atomic mass is 10.1. The van der Waals surface area contributed by atoms with Crippen LogP contribution in [0, 0.1) is 0 Å². The SMILES string of the molecule is O=C(CCc1ccccc1O)Nc1ccc(N2C(=O)CCCC2=O)cc1. The maximum atomic E-state index is 12.1. The van der Waals surface area contributed by atoms with Crippen molar-refractivity contribution in [2.75, 3.05) is 10.2 Å². The highest BCUT2D eigenvalue weighted by atomic mass is 16.3. The predicted octanol–water partition coefficient (Wildman–Crippen LogP) is 3.01. The van der Waals surface area contributed by atoms with Gasteiger partial charge in [-0.2, -0.15) is 0 Å². The zero-order chi connectivity index (χ0) is 18.5. The molecule has 1 aliphatic heterocycles. The summed E-state index contributed by atoms with van der Waals surface area (Å²) < 4.78 is 0. The van der Waals surface area contributed by atoms with Crippen LogP contribution in [0.4, 0.5) is 11.4 Å². The molecule has 0 atom stereocenters. The first-order valence-corrected chi connectivity index (χ1v) is 8.57. The summed E-state index contributed by atoms with van der Waals surface area (Å²) >= 11 is 0. The van der Waals surface area contributed by atoms with Crippen molar-refractivity contribution in [3.63, 3.8) is 0 Å². The second kappa shape index (κ2) is 7.82. The van der Waals surface area contributed by atoms with Crippen LogP contribution in [0.25, 0.3) is 0 Å². The Balaban J connectivity index is 1.58. The highest BCUT2D eigenvalue weighted by Gasteiger charge is 2.27. The Morgan fingerprint density at radius 3 is 2.31 bits per heavy atom. The van der Waals surface area contributed by atoms with Gasteiger partial charge in [-0.1, -0.05) is 18.2 Å². The molecule has 1 fully saturated rings. The van der Waals surface area contributed by atoms with Gasteiger partial charge < -0.3 is 10.4 Å². The lowest BCUT2D eigenvalue weighted by Crippen LogP contribution is -2.40. The minimum absolute atomic E-state index is 0.175. The minimum atomic E-state index is -0.194.